The van der Waals surface area contributed by atoms with Gasteiger partial charge in [0.25, 0.3) is 0 Å². The molecule has 5 nitrogen and oxygen atoms in total. The van der Waals surface area contributed by atoms with Gasteiger partial charge in [-0.3, -0.25) is 4.79 Å². The molecule has 140 valence electrons. The number of hydrogen-bond donors (Lipinski definition) is 1. The van der Waals surface area contributed by atoms with Crippen molar-refractivity contribution in [2.24, 2.45) is 0 Å². The Morgan fingerprint density at radius 3 is 2.31 bits per heavy atom. The lowest BCUT2D eigenvalue weighted by atomic mass is 10.1. The Labute approximate surface area is 155 Å². The Morgan fingerprint density at radius 1 is 1.08 bits per heavy atom. The van der Waals surface area contributed by atoms with Gasteiger partial charge in [-0.1, -0.05) is 6.07 Å². The second-order valence-corrected chi connectivity index (χ2v) is 6.33. The first-order valence-electron chi connectivity index (χ1n) is 8.86. The topological polar surface area (TPSA) is 50.8 Å². The highest BCUT2D eigenvalue weighted by Crippen LogP contribution is 2.25. The second kappa shape index (κ2) is 9.13. The van der Waals surface area contributed by atoms with Gasteiger partial charge in [0.1, 0.15) is 11.5 Å². The van der Waals surface area contributed by atoms with E-state index in [1.165, 1.54) is 0 Å². The summed E-state index contributed by atoms with van der Waals surface area (Å²) in [5.41, 5.74) is 2.75. The minimum Gasteiger partial charge on any atom is -0.497 e. The Balaban J connectivity index is 2.04. The van der Waals surface area contributed by atoms with Gasteiger partial charge in [-0.05, 0) is 51.1 Å². The minimum absolute atomic E-state index is 0.0857. The summed E-state index contributed by atoms with van der Waals surface area (Å²) < 4.78 is 10.5. The summed E-state index contributed by atoms with van der Waals surface area (Å²) in [6, 6.07) is 13.8. The molecule has 0 heterocycles. The lowest BCUT2D eigenvalue weighted by Gasteiger charge is -2.27. The molecule has 0 saturated carbocycles. The fraction of sp³-hybridized carbons (Fsp3) is 0.381. The molecule has 1 N–H and O–H groups in total. The van der Waals surface area contributed by atoms with Crippen LogP contribution in [0.3, 0.4) is 0 Å². The smallest absolute Gasteiger partial charge is 0.228 e. The van der Waals surface area contributed by atoms with Gasteiger partial charge in [0.15, 0.2) is 0 Å². The van der Waals surface area contributed by atoms with Crippen molar-refractivity contribution >= 4 is 17.3 Å². The van der Waals surface area contributed by atoms with Crippen LogP contribution in [0.25, 0.3) is 0 Å². The number of amides is 1. The van der Waals surface area contributed by atoms with E-state index in [1.54, 1.807) is 20.3 Å². The van der Waals surface area contributed by atoms with Gasteiger partial charge in [-0.15, -0.1) is 0 Å². The molecule has 5 heteroatoms. The molecule has 0 aromatic heterocycles. The molecule has 0 fully saturated rings. The molecular formula is C21H28N2O3. The molecule has 0 bridgehead atoms. The molecule has 0 aliphatic carbocycles. The first kappa shape index (κ1) is 19.6. The van der Waals surface area contributed by atoms with E-state index in [1.807, 2.05) is 36.4 Å². The van der Waals surface area contributed by atoms with Crippen LogP contribution in [0.2, 0.25) is 0 Å². The molecule has 0 spiro atoms. The summed E-state index contributed by atoms with van der Waals surface area (Å²) in [4.78, 5) is 14.7. The normalized spacial score (nSPS) is 10.5. The summed E-state index contributed by atoms with van der Waals surface area (Å²) in [7, 11) is 3.19. The number of nitrogens with zero attached hydrogens (tertiary/aromatic N) is 1. The number of anilines is 2. The lowest BCUT2D eigenvalue weighted by Crippen LogP contribution is -2.30. The summed E-state index contributed by atoms with van der Waals surface area (Å²) in [6.07, 6.45) is 0.238. The van der Waals surface area contributed by atoms with E-state index < -0.39 is 0 Å². The van der Waals surface area contributed by atoms with E-state index in [0.717, 1.165) is 23.5 Å². The van der Waals surface area contributed by atoms with E-state index in [2.05, 4.69) is 31.0 Å². The van der Waals surface area contributed by atoms with Gasteiger partial charge in [0, 0.05) is 35.6 Å². The van der Waals surface area contributed by atoms with Gasteiger partial charge in [-0.2, -0.15) is 0 Å². The standard InChI is InChI=1S/C21H28N2O3/c1-6-23(15(2)3)18-10-8-17(9-11-18)22-21(24)13-16-7-12-19(25-4)14-20(16)26-5/h7-12,14-15H,6,13H2,1-5H3,(H,22,24). The maximum Gasteiger partial charge on any atom is 0.228 e. The first-order chi connectivity index (χ1) is 12.5. The number of nitrogens with one attached hydrogen (secondary N) is 1. The van der Waals surface area contributed by atoms with Crippen LogP contribution in [-0.4, -0.2) is 32.7 Å². The zero-order chi connectivity index (χ0) is 19.1. The molecule has 0 radical (unpaired) electrons. The second-order valence-electron chi connectivity index (χ2n) is 6.33. The van der Waals surface area contributed by atoms with Crippen LogP contribution in [0.5, 0.6) is 11.5 Å². The Morgan fingerprint density at radius 2 is 1.77 bits per heavy atom. The zero-order valence-electron chi connectivity index (χ0n) is 16.2. The Hall–Kier alpha value is -2.69. The van der Waals surface area contributed by atoms with Crippen LogP contribution in [0.4, 0.5) is 11.4 Å². The fourth-order valence-corrected chi connectivity index (χ4v) is 2.96. The molecule has 0 aliphatic rings. The molecule has 2 aromatic rings. The number of ether oxygens (including phenoxy) is 2. The predicted molar refractivity (Wildman–Crippen MR) is 106 cm³/mol. The van der Waals surface area contributed by atoms with Crippen LogP contribution < -0.4 is 19.7 Å². The summed E-state index contributed by atoms with van der Waals surface area (Å²) in [5.74, 6) is 1.26. The van der Waals surface area contributed by atoms with E-state index >= 15 is 0 Å². The molecule has 1 amide bonds. The van der Waals surface area contributed by atoms with E-state index in [-0.39, 0.29) is 12.3 Å². The van der Waals surface area contributed by atoms with Crippen LogP contribution in [0.15, 0.2) is 42.5 Å². The van der Waals surface area contributed by atoms with Crippen molar-refractivity contribution in [1.82, 2.24) is 0 Å². The lowest BCUT2D eigenvalue weighted by molar-refractivity contribution is -0.115. The third kappa shape index (κ3) is 4.91. The third-order valence-electron chi connectivity index (χ3n) is 4.29. The number of hydrogen-bond acceptors (Lipinski definition) is 4. The highest BCUT2D eigenvalue weighted by atomic mass is 16.5. The van der Waals surface area contributed by atoms with Crippen molar-refractivity contribution in [2.75, 3.05) is 31.0 Å². The third-order valence-corrected chi connectivity index (χ3v) is 4.29. The largest absolute Gasteiger partial charge is 0.497 e. The number of carbonyl (C=O) groups is 1. The maximum atomic E-state index is 12.4. The van der Waals surface area contributed by atoms with Crippen molar-refractivity contribution < 1.29 is 14.3 Å². The van der Waals surface area contributed by atoms with Crippen LogP contribution in [0, 0.1) is 0 Å². The van der Waals surface area contributed by atoms with Gasteiger partial charge in [-0.25, -0.2) is 0 Å². The van der Waals surface area contributed by atoms with E-state index in [9.17, 15) is 4.79 Å². The first-order valence-corrected chi connectivity index (χ1v) is 8.86. The average Bonchev–Trinajstić information content (AvgIpc) is 2.63. The summed E-state index contributed by atoms with van der Waals surface area (Å²) in [6.45, 7) is 7.42. The summed E-state index contributed by atoms with van der Waals surface area (Å²) >= 11 is 0. The van der Waals surface area contributed by atoms with Crippen LogP contribution in [0.1, 0.15) is 26.3 Å². The highest BCUT2D eigenvalue weighted by Gasteiger charge is 2.11. The zero-order valence-corrected chi connectivity index (χ0v) is 16.2. The highest BCUT2D eigenvalue weighted by molar-refractivity contribution is 5.92. The Bertz CT molecular complexity index is 727. The van der Waals surface area contributed by atoms with Crippen molar-refractivity contribution in [2.45, 2.75) is 33.2 Å². The molecule has 2 aromatic carbocycles. The van der Waals surface area contributed by atoms with Gasteiger partial charge in [0.2, 0.25) is 5.91 Å². The number of carbonyl (C=O) groups excluding carboxylic acids is 1. The number of benzene rings is 2. The quantitative estimate of drug-likeness (QED) is 0.773. The van der Waals surface area contributed by atoms with Crippen molar-refractivity contribution in [3.63, 3.8) is 0 Å². The molecule has 26 heavy (non-hydrogen) atoms. The molecular weight excluding hydrogens is 328 g/mol. The monoisotopic (exact) mass is 356 g/mol. The Kier molecular flexibility index (Phi) is 6.89. The molecule has 0 unspecified atom stereocenters. The SMILES string of the molecule is CCN(c1ccc(NC(=O)Cc2ccc(OC)cc2OC)cc1)C(C)C. The van der Waals surface area contributed by atoms with Crippen molar-refractivity contribution in [3.05, 3.63) is 48.0 Å². The van der Waals surface area contributed by atoms with E-state index in [4.69, 9.17) is 9.47 Å². The number of methoxy groups -OCH3 is 2. The average molecular weight is 356 g/mol. The molecule has 0 aliphatic heterocycles. The van der Waals surface area contributed by atoms with Crippen LogP contribution >= 0.6 is 0 Å². The van der Waals surface area contributed by atoms with Crippen LogP contribution in [-0.2, 0) is 11.2 Å². The minimum atomic E-state index is -0.0857. The summed E-state index contributed by atoms with van der Waals surface area (Å²) in [5, 5.41) is 2.94. The molecule has 2 rings (SSSR count). The van der Waals surface area contributed by atoms with E-state index in [0.29, 0.717) is 17.5 Å². The molecule has 0 saturated heterocycles. The molecule has 0 atom stereocenters. The van der Waals surface area contributed by atoms with Gasteiger partial charge >= 0.3 is 0 Å². The predicted octanol–water partition coefficient (Wildman–Crippen LogP) is 4.12. The van der Waals surface area contributed by atoms with Gasteiger partial charge in [0.05, 0.1) is 20.6 Å². The van der Waals surface area contributed by atoms with Gasteiger partial charge < -0.3 is 19.7 Å². The van der Waals surface area contributed by atoms with Crippen molar-refractivity contribution in [3.8, 4) is 11.5 Å². The number of rotatable bonds is 8. The maximum absolute atomic E-state index is 12.4. The van der Waals surface area contributed by atoms with Crippen molar-refractivity contribution in [1.29, 1.82) is 0 Å². The fourth-order valence-electron chi connectivity index (χ4n) is 2.96.